The first-order chi connectivity index (χ1) is 9.40. The normalized spacial score (nSPS) is 26.2. The predicted octanol–water partition coefficient (Wildman–Crippen LogP) is -1.06. The Morgan fingerprint density at radius 2 is 1.70 bits per heavy atom. The van der Waals surface area contributed by atoms with Crippen molar-refractivity contribution in [2.45, 2.75) is 6.42 Å². The van der Waals surface area contributed by atoms with E-state index in [2.05, 4.69) is 0 Å². The number of carbonyl (C=O) groups is 3. The maximum absolute atomic E-state index is 12.1. The molecule has 0 aromatic rings. The number of nitrogens with zero attached hydrogens (tertiary/aromatic N) is 3. The first-order valence-corrected chi connectivity index (χ1v) is 6.84. The lowest BCUT2D eigenvalue weighted by molar-refractivity contribution is -0.142. The highest BCUT2D eigenvalue weighted by atomic mass is 16.4. The lowest BCUT2D eigenvalue weighted by atomic mass is 10.2. The molecule has 1 aliphatic carbocycles. The zero-order valence-corrected chi connectivity index (χ0v) is 11.9. The van der Waals surface area contributed by atoms with Gasteiger partial charge < -0.3 is 14.9 Å². The third kappa shape index (κ3) is 3.27. The van der Waals surface area contributed by atoms with Crippen molar-refractivity contribution in [3.8, 4) is 0 Å². The molecule has 0 aromatic carbocycles. The van der Waals surface area contributed by atoms with Crippen LogP contribution in [0.5, 0.6) is 0 Å². The Labute approximate surface area is 118 Å². The third-order valence-electron chi connectivity index (χ3n) is 3.97. The van der Waals surface area contributed by atoms with Gasteiger partial charge in [-0.3, -0.25) is 19.3 Å². The van der Waals surface area contributed by atoms with Crippen LogP contribution in [-0.2, 0) is 14.4 Å². The van der Waals surface area contributed by atoms with Gasteiger partial charge in [-0.1, -0.05) is 0 Å². The molecule has 112 valence electrons. The first-order valence-electron chi connectivity index (χ1n) is 6.84. The molecule has 7 nitrogen and oxygen atoms in total. The predicted molar refractivity (Wildman–Crippen MR) is 70.9 cm³/mol. The maximum atomic E-state index is 12.1. The van der Waals surface area contributed by atoms with E-state index in [0.717, 1.165) is 0 Å². The molecule has 0 bridgehead atoms. The van der Waals surface area contributed by atoms with Crippen LogP contribution < -0.4 is 0 Å². The number of piperazine rings is 1. The molecule has 2 atom stereocenters. The molecular formula is C13H21N3O4. The van der Waals surface area contributed by atoms with Gasteiger partial charge in [0.25, 0.3) is 0 Å². The highest BCUT2D eigenvalue weighted by Crippen LogP contribution is 2.40. The van der Waals surface area contributed by atoms with Gasteiger partial charge in [0, 0.05) is 40.3 Å². The second-order valence-corrected chi connectivity index (χ2v) is 5.68. The molecule has 1 saturated heterocycles. The number of likely N-dealkylation sites (N-methyl/N-ethyl adjacent to an activating group) is 1. The van der Waals surface area contributed by atoms with Crippen molar-refractivity contribution in [1.82, 2.24) is 14.7 Å². The number of hydrogen-bond acceptors (Lipinski definition) is 4. The topological polar surface area (TPSA) is 81.2 Å². The van der Waals surface area contributed by atoms with E-state index in [4.69, 9.17) is 5.11 Å². The van der Waals surface area contributed by atoms with E-state index in [0.29, 0.717) is 39.1 Å². The van der Waals surface area contributed by atoms with Crippen LogP contribution in [0.15, 0.2) is 0 Å². The van der Waals surface area contributed by atoms with Gasteiger partial charge >= 0.3 is 5.97 Å². The van der Waals surface area contributed by atoms with Crippen molar-refractivity contribution >= 4 is 17.8 Å². The summed E-state index contributed by atoms with van der Waals surface area (Å²) < 4.78 is 0. The summed E-state index contributed by atoms with van der Waals surface area (Å²) in [6, 6.07) is 0. The molecular weight excluding hydrogens is 262 g/mol. The Hall–Kier alpha value is -1.63. The van der Waals surface area contributed by atoms with E-state index in [1.165, 1.54) is 0 Å². The summed E-state index contributed by atoms with van der Waals surface area (Å²) in [4.78, 5) is 39.8. The number of amides is 2. The molecule has 2 rings (SSSR count). The minimum Gasteiger partial charge on any atom is -0.481 e. The van der Waals surface area contributed by atoms with Crippen LogP contribution >= 0.6 is 0 Å². The molecule has 2 amide bonds. The van der Waals surface area contributed by atoms with E-state index >= 15 is 0 Å². The Balaban J connectivity index is 1.76. The summed E-state index contributed by atoms with van der Waals surface area (Å²) in [6.45, 7) is 2.84. The van der Waals surface area contributed by atoms with E-state index in [-0.39, 0.29) is 17.7 Å². The molecule has 0 radical (unpaired) electrons. The van der Waals surface area contributed by atoms with Crippen molar-refractivity contribution in [1.29, 1.82) is 0 Å². The minimum atomic E-state index is -0.876. The van der Waals surface area contributed by atoms with Gasteiger partial charge in [-0.15, -0.1) is 0 Å². The first kappa shape index (κ1) is 14.8. The standard InChI is InChI=1S/C13H21N3O4/c1-14(2)11(17)8-15-3-5-16(6-4-15)12(18)9-7-10(9)13(19)20/h9-10H,3-8H2,1-2H3,(H,19,20). The monoisotopic (exact) mass is 283 g/mol. The van der Waals surface area contributed by atoms with E-state index in [9.17, 15) is 14.4 Å². The quantitative estimate of drug-likeness (QED) is 0.711. The summed E-state index contributed by atoms with van der Waals surface area (Å²) in [5.41, 5.74) is 0. The number of carboxylic acid groups (broad SMARTS) is 1. The minimum absolute atomic E-state index is 0.0454. The fourth-order valence-electron chi connectivity index (χ4n) is 2.43. The maximum Gasteiger partial charge on any atom is 0.307 e. The molecule has 2 aliphatic rings. The zero-order valence-electron chi connectivity index (χ0n) is 11.9. The SMILES string of the molecule is CN(C)C(=O)CN1CCN(C(=O)C2CC2C(=O)O)CC1. The van der Waals surface area contributed by atoms with Crippen LogP contribution in [0.2, 0.25) is 0 Å². The number of rotatable bonds is 4. The largest absolute Gasteiger partial charge is 0.481 e. The molecule has 0 spiro atoms. The third-order valence-corrected chi connectivity index (χ3v) is 3.97. The molecule has 7 heteroatoms. The molecule has 1 aliphatic heterocycles. The lowest BCUT2D eigenvalue weighted by Gasteiger charge is -2.34. The number of aliphatic carboxylic acids is 1. The van der Waals surface area contributed by atoms with Crippen molar-refractivity contribution in [2.75, 3.05) is 46.8 Å². The zero-order chi connectivity index (χ0) is 14.9. The van der Waals surface area contributed by atoms with Gasteiger partial charge in [-0.05, 0) is 6.42 Å². The van der Waals surface area contributed by atoms with E-state index in [1.54, 1.807) is 23.9 Å². The van der Waals surface area contributed by atoms with Crippen molar-refractivity contribution in [2.24, 2.45) is 11.8 Å². The molecule has 1 heterocycles. The van der Waals surface area contributed by atoms with Gasteiger partial charge in [0.2, 0.25) is 11.8 Å². The lowest BCUT2D eigenvalue weighted by Crippen LogP contribution is -2.51. The van der Waals surface area contributed by atoms with E-state index < -0.39 is 11.9 Å². The van der Waals surface area contributed by atoms with Crippen molar-refractivity contribution in [3.05, 3.63) is 0 Å². The van der Waals surface area contributed by atoms with Gasteiger partial charge in [0.15, 0.2) is 0 Å². The second-order valence-electron chi connectivity index (χ2n) is 5.68. The van der Waals surface area contributed by atoms with Crippen molar-refractivity contribution in [3.63, 3.8) is 0 Å². The van der Waals surface area contributed by atoms with Crippen LogP contribution in [-0.4, -0.2) is 84.4 Å². The summed E-state index contributed by atoms with van der Waals surface area (Å²) in [7, 11) is 3.45. The number of hydrogen-bond donors (Lipinski definition) is 1. The fourth-order valence-corrected chi connectivity index (χ4v) is 2.43. The van der Waals surface area contributed by atoms with Crippen LogP contribution in [0.1, 0.15) is 6.42 Å². The highest BCUT2D eigenvalue weighted by molar-refractivity contribution is 5.89. The number of carbonyl (C=O) groups excluding carboxylic acids is 2. The van der Waals surface area contributed by atoms with Gasteiger partial charge in [0.05, 0.1) is 18.4 Å². The fraction of sp³-hybridized carbons (Fsp3) is 0.769. The Kier molecular flexibility index (Phi) is 4.27. The summed E-state index contributed by atoms with van der Waals surface area (Å²) in [6.07, 6.45) is 0.466. The summed E-state index contributed by atoms with van der Waals surface area (Å²) >= 11 is 0. The van der Waals surface area contributed by atoms with Crippen molar-refractivity contribution < 1.29 is 19.5 Å². The van der Waals surface area contributed by atoms with Gasteiger partial charge in [-0.2, -0.15) is 0 Å². The number of carboxylic acids is 1. The smallest absolute Gasteiger partial charge is 0.307 e. The average Bonchev–Trinajstić information content (AvgIpc) is 3.19. The second kappa shape index (κ2) is 5.78. The molecule has 1 saturated carbocycles. The molecule has 2 unspecified atom stereocenters. The Morgan fingerprint density at radius 3 is 2.15 bits per heavy atom. The highest BCUT2D eigenvalue weighted by Gasteiger charge is 2.50. The molecule has 0 aromatic heterocycles. The average molecular weight is 283 g/mol. The Bertz CT molecular complexity index is 416. The van der Waals surface area contributed by atoms with Crippen LogP contribution in [0.25, 0.3) is 0 Å². The van der Waals surface area contributed by atoms with Gasteiger partial charge in [0.1, 0.15) is 0 Å². The van der Waals surface area contributed by atoms with Gasteiger partial charge in [-0.25, -0.2) is 0 Å². The summed E-state index contributed by atoms with van der Waals surface area (Å²) in [5.74, 6) is -1.69. The van der Waals surface area contributed by atoms with Crippen LogP contribution in [0, 0.1) is 11.8 Å². The molecule has 20 heavy (non-hydrogen) atoms. The Morgan fingerprint density at radius 1 is 1.10 bits per heavy atom. The molecule has 1 N–H and O–H groups in total. The van der Waals surface area contributed by atoms with Crippen LogP contribution in [0.4, 0.5) is 0 Å². The summed E-state index contributed by atoms with van der Waals surface area (Å²) in [5, 5.41) is 8.84. The van der Waals surface area contributed by atoms with Crippen LogP contribution in [0.3, 0.4) is 0 Å². The van der Waals surface area contributed by atoms with E-state index in [1.807, 2.05) is 4.90 Å². The molecule has 2 fully saturated rings.